The standard InChI is InChI=1S/C21H22N6O/c1-28-20-6-5-17(12-19(20)15-27-10-3-8-25-27)13-23-14-18-4-2-7-24-21(18)26-11-9-22-16-26/h2-12,16,23H,13-15H2,1H3. The van der Waals surface area contributed by atoms with Crippen LogP contribution in [0.4, 0.5) is 0 Å². The number of imidazole rings is 1. The number of aromatic nitrogens is 5. The number of hydrogen-bond donors (Lipinski definition) is 1. The van der Waals surface area contributed by atoms with Gasteiger partial charge in [-0.1, -0.05) is 12.1 Å². The molecular formula is C21H22N6O. The molecule has 4 aromatic rings. The zero-order chi connectivity index (χ0) is 19.2. The van der Waals surface area contributed by atoms with Crippen LogP contribution in [0.1, 0.15) is 16.7 Å². The number of benzene rings is 1. The van der Waals surface area contributed by atoms with Crippen molar-refractivity contribution in [2.75, 3.05) is 7.11 Å². The Morgan fingerprint density at radius 1 is 1.00 bits per heavy atom. The summed E-state index contributed by atoms with van der Waals surface area (Å²) in [6, 6.07) is 12.2. The molecule has 0 spiro atoms. The summed E-state index contributed by atoms with van der Waals surface area (Å²) in [5.74, 6) is 1.76. The SMILES string of the molecule is COc1ccc(CNCc2cccnc2-n2ccnc2)cc1Cn1cccn1. The molecule has 0 radical (unpaired) electrons. The predicted octanol–water partition coefficient (Wildman–Crippen LogP) is 2.81. The number of methoxy groups -OCH3 is 1. The minimum atomic E-state index is 0.678. The molecule has 0 atom stereocenters. The average molecular weight is 374 g/mol. The van der Waals surface area contributed by atoms with E-state index in [0.29, 0.717) is 13.1 Å². The van der Waals surface area contributed by atoms with Crippen molar-refractivity contribution in [2.45, 2.75) is 19.6 Å². The van der Waals surface area contributed by atoms with Crippen molar-refractivity contribution in [2.24, 2.45) is 0 Å². The van der Waals surface area contributed by atoms with Crippen molar-refractivity contribution >= 4 is 0 Å². The van der Waals surface area contributed by atoms with Gasteiger partial charge < -0.3 is 10.1 Å². The van der Waals surface area contributed by atoms with E-state index in [-0.39, 0.29) is 0 Å². The van der Waals surface area contributed by atoms with Crippen LogP contribution in [0.2, 0.25) is 0 Å². The lowest BCUT2D eigenvalue weighted by molar-refractivity contribution is 0.407. The summed E-state index contributed by atoms with van der Waals surface area (Å²) in [6.45, 7) is 2.13. The van der Waals surface area contributed by atoms with Crippen LogP contribution in [0.25, 0.3) is 5.82 Å². The van der Waals surface area contributed by atoms with E-state index < -0.39 is 0 Å². The van der Waals surface area contributed by atoms with Gasteiger partial charge in [0.2, 0.25) is 0 Å². The molecule has 0 amide bonds. The molecule has 4 rings (SSSR count). The van der Waals surface area contributed by atoms with E-state index in [1.165, 1.54) is 5.56 Å². The fourth-order valence-electron chi connectivity index (χ4n) is 3.16. The smallest absolute Gasteiger partial charge is 0.142 e. The van der Waals surface area contributed by atoms with Crippen LogP contribution in [0, 0.1) is 0 Å². The molecule has 3 aromatic heterocycles. The summed E-state index contributed by atoms with van der Waals surface area (Å²) in [4.78, 5) is 8.59. The number of ether oxygens (including phenoxy) is 1. The summed E-state index contributed by atoms with van der Waals surface area (Å²) in [6.07, 6.45) is 10.9. The van der Waals surface area contributed by atoms with Crippen LogP contribution in [0.15, 0.2) is 73.7 Å². The molecule has 0 saturated carbocycles. The molecule has 142 valence electrons. The van der Waals surface area contributed by atoms with Crippen LogP contribution < -0.4 is 10.1 Å². The Hall–Kier alpha value is -3.45. The summed E-state index contributed by atoms with van der Waals surface area (Å²) < 4.78 is 9.32. The van der Waals surface area contributed by atoms with Crippen LogP contribution in [-0.2, 0) is 19.6 Å². The van der Waals surface area contributed by atoms with Gasteiger partial charge in [-0.3, -0.25) is 9.25 Å². The van der Waals surface area contributed by atoms with Crippen LogP contribution >= 0.6 is 0 Å². The van der Waals surface area contributed by atoms with E-state index in [9.17, 15) is 0 Å². The minimum absolute atomic E-state index is 0.678. The number of pyridine rings is 1. The highest BCUT2D eigenvalue weighted by Crippen LogP contribution is 2.21. The van der Waals surface area contributed by atoms with E-state index in [2.05, 4.69) is 38.6 Å². The number of nitrogens with zero attached hydrogens (tertiary/aromatic N) is 5. The predicted molar refractivity (Wildman–Crippen MR) is 106 cm³/mol. The molecule has 0 bridgehead atoms. The molecule has 7 nitrogen and oxygen atoms in total. The fraction of sp³-hybridized carbons (Fsp3) is 0.190. The Kier molecular flexibility index (Phi) is 5.44. The van der Waals surface area contributed by atoms with E-state index in [1.807, 2.05) is 39.8 Å². The number of nitrogens with one attached hydrogen (secondary N) is 1. The van der Waals surface area contributed by atoms with Crippen molar-refractivity contribution in [3.63, 3.8) is 0 Å². The van der Waals surface area contributed by atoms with Gasteiger partial charge in [-0.2, -0.15) is 5.10 Å². The van der Waals surface area contributed by atoms with Gasteiger partial charge in [0.25, 0.3) is 0 Å². The van der Waals surface area contributed by atoms with E-state index in [0.717, 1.165) is 29.2 Å². The first-order valence-corrected chi connectivity index (χ1v) is 9.09. The van der Waals surface area contributed by atoms with Crippen LogP contribution in [0.5, 0.6) is 5.75 Å². The third kappa shape index (κ3) is 4.10. The van der Waals surface area contributed by atoms with Gasteiger partial charge >= 0.3 is 0 Å². The second-order valence-electron chi connectivity index (χ2n) is 6.41. The van der Waals surface area contributed by atoms with Gasteiger partial charge in [-0.05, 0) is 29.8 Å². The lowest BCUT2D eigenvalue weighted by atomic mass is 10.1. The second kappa shape index (κ2) is 8.49. The molecule has 0 saturated heterocycles. The van der Waals surface area contributed by atoms with Crippen molar-refractivity contribution < 1.29 is 4.74 Å². The first-order chi connectivity index (χ1) is 13.8. The van der Waals surface area contributed by atoms with Gasteiger partial charge in [0.15, 0.2) is 0 Å². The molecule has 0 aliphatic heterocycles. The highest BCUT2D eigenvalue weighted by molar-refractivity contribution is 5.38. The number of hydrogen-bond acceptors (Lipinski definition) is 5. The van der Waals surface area contributed by atoms with Crippen molar-refractivity contribution in [3.05, 3.63) is 90.4 Å². The maximum Gasteiger partial charge on any atom is 0.142 e. The van der Waals surface area contributed by atoms with Crippen molar-refractivity contribution in [1.29, 1.82) is 0 Å². The topological polar surface area (TPSA) is 69.8 Å². The summed E-state index contributed by atoms with van der Waals surface area (Å²) in [5, 5.41) is 7.79. The molecular weight excluding hydrogens is 352 g/mol. The molecule has 0 aliphatic rings. The summed E-state index contributed by atoms with van der Waals surface area (Å²) >= 11 is 0. The Labute approximate surface area is 163 Å². The van der Waals surface area contributed by atoms with E-state index >= 15 is 0 Å². The average Bonchev–Trinajstić information content (AvgIpc) is 3.43. The van der Waals surface area contributed by atoms with Gasteiger partial charge in [0.05, 0.1) is 13.7 Å². The first kappa shape index (κ1) is 17.9. The zero-order valence-corrected chi connectivity index (χ0v) is 15.7. The normalized spacial score (nSPS) is 10.9. The molecule has 0 unspecified atom stereocenters. The Morgan fingerprint density at radius 3 is 2.75 bits per heavy atom. The molecule has 0 aliphatic carbocycles. The monoisotopic (exact) mass is 374 g/mol. The third-order valence-corrected chi connectivity index (χ3v) is 4.50. The van der Waals surface area contributed by atoms with Gasteiger partial charge in [-0.15, -0.1) is 0 Å². The Morgan fingerprint density at radius 2 is 1.96 bits per heavy atom. The lowest BCUT2D eigenvalue weighted by Crippen LogP contribution is -2.15. The molecule has 3 heterocycles. The minimum Gasteiger partial charge on any atom is -0.496 e. The quantitative estimate of drug-likeness (QED) is 0.514. The zero-order valence-electron chi connectivity index (χ0n) is 15.7. The molecule has 28 heavy (non-hydrogen) atoms. The highest BCUT2D eigenvalue weighted by atomic mass is 16.5. The van der Waals surface area contributed by atoms with E-state index in [1.54, 1.807) is 32.0 Å². The third-order valence-electron chi connectivity index (χ3n) is 4.50. The second-order valence-corrected chi connectivity index (χ2v) is 6.41. The van der Waals surface area contributed by atoms with Crippen molar-refractivity contribution in [3.8, 4) is 11.6 Å². The van der Waals surface area contributed by atoms with Gasteiger partial charge in [0, 0.05) is 55.2 Å². The van der Waals surface area contributed by atoms with Crippen LogP contribution in [-0.4, -0.2) is 31.4 Å². The highest BCUT2D eigenvalue weighted by Gasteiger charge is 2.08. The fourth-order valence-corrected chi connectivity index (χ4v) is 3.16. The number of rotatable bonds is 8. The maximum absolute atomic E-state index is 5.50. The Balaban J connectivity index is 1.44. The first-order valence-electron chi connectivity index (χ1n) is 9.09. The lowest BCUT2D eigenvalue weighted by Gasteiger charge is -2.13. The Bertz CT molecular complexity index is 1010. The maximum atomic E-state index is 5.50. The molecule has 7 heteroatoms. The van der Waals surface area contributed by atoms with Crippen molar-refractivity contribution in [1.82, 2.24) is 29.6 Å². The van der Waals surface area contributed by atoms with Crippen LogP contribution in [0.3, 0.4) is 0 Å². The molecule has 1 N–H and O–H groups in total. The van der Waals surface area contributed by atoms with E-state index in [4.69, 9.17) is 4.74 Å². The van der Waals surface area contributed by atoms with Gasteiger partial charge in [0.1, 0.15) is 17.9 Å². The largest absolute Gasteiger partial charge is 0.496 e. The molecule has 1 aromatic carbocycles. The summed E-state index contributed by atoms with van der Waals surface area (Å²) in [7, 11) is 1.69. The van der Waals surface area contributed by atoms with Gasteiger partial charge in [-0.25, -0.2) is 9.97 Å². The molecule has 0 fully saturated rings. The summed E-state index contributed by atoms with van der Waals surface area (Å²) in [5.41, 5.74) is 3.41.